The number of alkyl carbamates (subject to hydrolysis) is 1. The first-order valence-corrected chi connectivity index (χ1v) is 5.76. The van der Waals surface area contributed by atoms with Gasteiger partial charge in [0.2, 0.25) is 0 Å². The lowest BCUT2D eigenvalue weighted by Gasteiger charge is -2.23. The molecule has 0 aliphatic heterocycles. The molecule has 1 N–H and O–H groups in total. The van der Waals surface area contributed by atoms with Crippen molar-refractivity contribution in [2.75, 3.05) is 5.75 Å². The van der Waals surface area contributed by atoms with Crippen LogP contribution in [0.4, 0.5) is 4.79 Å². The Morgan fingerprint density at radius 2 is 2.00 bits per heavy atom. The van der Waals surface area contributed by atoms with E-state index in [0.29, 0.717) is 5.75 Å². The van der Waals surface area contributed by atoms with Crippen LogP contribution in [0, 0.1) is 0 Å². The predicted octanol–water partition coefficient (Wildman–Crippen LogP) is 2.62. The van der Waals surface area contributed by atoms with Crippen LogP contribution in [0.15, 0.2) is 30.3 Å². The van der Waals surface area contributed by atoms with Crippen molar-refractivity contribution in [3.8, 4) is 0 Å². The summed E-state index contributed by atoms with van der Waals surface area (Å²) in [6.07, 6.45) is -0.414. The quantitative estimate of drug-likeness (QED) is 0.793. The molecule has 1 rings (SSSR count). The number of ether oxygens (including phenoxy) is 1. The fraction of sp³-hybridized carbons (Fsp3) is 0.417. The summed E-state index contributed by atoms with van der Waals surface area (Å²) in [4.78, 5) is 11.4. The molecule has 0 saturated heterocycles. The van der Waals surface area contributed by atoms with E-state index < -0.39 is 6.09 Å². The lowest BCUT2D eigenvalue weighted by molar-refractivity contribution is 0.131. The van der Waals surface area contributed by atoms with E-state index in [2.05, 4.69) is 17.9 Å². The summed E-state index contributed by atoms with van der Waals surface area (Å²) in [6.45, 7) is 4.07. The Morgan fingerprint density at radius 3 is 2.56 bits per heavy atom. The van der Waals surface area contributed by atoms with Gasteiger partial charge in [-0.2, -0.15) is 12.6 Å². The summed E-state index contributed by atoms with van der Waals surface area (Å²) < 4.78 is 5.08. The molecular formula is C12H17NO2S. The Bertz CT molecular complexity index is 338. The van der Waals surface area contributed by atoms with Crippen LogP contribution in [-0.2, 0) is 11.3 Å². The third-order valence-corrected chi connectivity index (χ3v) is 2.84. The van der Waals surface area contributed by atoms with Crippen LogP contribution in [0.1, 0.15) is 19.4 Å². The van der Waals surface area contributed by atoms with E-state index in [1.807, 2.05) is 44.2 Å². The lowest BCUT2D eigenvalue weighted by atomic mass is 10.1. The van der Waals surface area contributed by atoms with Gasteiger partial charge in [0, 0.05) is 11.3 Å². The third-order valence-electron chi connectivity index (χ3n) is 2.05. The number of rotatable bonds is 4. The third kappa shape index (κ3) is 4.57. The second-order valence-electron chi connectivity index (χ2n) is 4.23. The van der Waals surface area contributed by atoms with Gasteiger partial charge < -0.3 is 10.1 Å². The summed E-state index contributed by atoms with van der Waals surface area (Å²) in [5, 5.41) is 2.74. The molecule has 0 aliphatic rings. The first kappa shape index (κ1) is 12.9. The summed E-state index contributed by atoms with van der Waals surface area (Å²) in [5.41, 5.74) is 0.623. The molecule has 4 heteroatoms. The van der Waals surface area contributed by atoms with E-state index in [-0.39, 0.29) is 12.1 Å². The number of carbonyl (C=O) groups excluding carboxylic acids is 1. The molecule has 0 radical (unpaired) electrons. The van der Waals surface area contributed by atoms with Crippen LogP contribution < -0.4 is 5.32 Å². The van der Waals surface area contributed by atoms with Crippen LogP contribution in [-0.4, -0.2) is 17.4 Å². The lowest BCUT2D eigenvalue weighted by Crippen LogP contribution is -2.45. The van der Waals surface area contributed by atoms with E-state index in [1.165, 1.54) is 0 Å². The monoisotopic (exact) mass is 239 g/mol. The first-order chi connectivity index (χ1) is 7.53. The molecule has 0 aromatic heterocycles. The number of hydrogen-bond donors (Lipinski definition) is 2. The van der Waals surface area contributed by atoms with Crippen molar-refractivity contribution in [1.29, 1.82) is 0 Å². The Balaban J connectivity index is 2.36. The largest absolute Gasteiger partial charge is 0.445 e. The highest BCUT2D eigenvalue weighted by Gasteiger charge is 2.18. The zero-order chi connectivity index (χ0) is 12.0. The second kappa shape index (κ2) is 5.80. The van der Waals surface area contributed by atoms with Crippen molar-refractivity contribution in [2.24, 2.45) is 0 Å². The van der Waals surface area contributed by atoms with E-state index in [4.69, 9.17) is 4.74 Å². The molecule has 1 aromatic rings. The molecule has 0 unspecified atom stereocenters. The van der Waals surface area contributed by atoms with Gasteiger partial charge in [0.25, 0.3) is 0 Å². The van der Waals surface area contributed by atoms with Gasteiger partial charge in [-0.25, -0.2) is 4.79 Å². The molecule has 0 spiro atoms. The molecule has 0 atom stereocenters. The topological polar surface area (TPSA) is 38.3 Å². The normalized spacial score (nSPS) is 10.9. The van der Waals surface area contributed by atoms with Crippen molar-refractivity contribution in [2.45, 2.75) is 26.0 Å². The van der Waals surface area contributed by atoms with E-state index in [9.17, 15) is 4.79 Å². The van der Waals surface area contributed by atoms with Gasteiger partial charge in [-0.3, -0.25) is 0 Å². The molecule has 0 saturated carbocycles. The number of amides is 1. The number of benzene rings is 1. The molecule has 1 amide bonds. The predicted molar refractivity (Wildman–Crippen MR) is 67.7 cm³/mol. The maximum Gasteiger partial charge on any atom is 0.407 e. The minimum Gasteiger partial charge on any atom is -0.445 e. The summed E-state index contributed by atoms with van der Waals surface area (Å²) in [7, 11) is 0. The molecule has 16 heavy (non-hydrogen) atoms. The van der Waals surface area contributed by atoms with E-state index >= 15 is 0 Å². The van der Waals surface area contributed by atoms with Gasteiger partial charge in [-0.1, -0.05) is 30.3 Å². The molecule has 3 nitrogen and oxygen atoms in total. The molecule has 0 fully saturated rings. The highest BCUT2D eigenvalue weighted by molar-refractivity contribution is 7.80. The van der Waals surface area contributed by atoms with Crippen LogP contribution in [0.5, 0.6) is 0 Å². The average molecular weight is 239 g/mol. The van der Waals surface area contributed by atoms with E-state index in [0.717, 1.165) is 5.56 Å². The van der Waals surface area contributed by atoms with Gasteiger partial charge >= 0.3 is 6.09 Å². The Morgan fingerprint density at radius 1 is 1.38 bits per heavy atom. The van der Waals surface area contributed by atoms with Gasteiger partial charge in [0.15, 0.2) is 0 Å². The van der Waals surface area contributed by atoms with Crippen molar-refractivity contribution < 1.29 is 9.53 Å². The fourth-order valence-corrected chi connectivity index (χ4v) is 1.15. The smallest absolute Gasteiger partial charge is 0.407 e. The first-order valence-electron chi connectivity index (χ1n) is 5.13. The number of nitrogens with one attached hydrogen (secondary N) is 1. The average Bonchev–Trinajstić information content (AvgIpc) is 2.27. The van der Waals surface area contributed by atoms with Gasteiger partial charge in [0.1, 0.15) is 6.61 Å². The van der Waals surface area contributed by atoms with Crippen LogP contribution in [0.3, 0.4) is 0 Å². The number of thiol groups is 1. The minimum absolute atomic E-state index is 0.287. The molecule has 88 valence electrons. The van der Waals surface area contributed by atoms with Crippen molar-refractivity contribution >= 4 is 18.7 Å². The molecule has 0 bridgehead atoms. The Labute approximate surface area is 102 Å². The standard InChI is InChI=1S/C12H17NO2S/c1-12(2,9-16)13-11(14)15-8-10-6-4-3-5-7-10/h3-7,16H,8-9H2,1-2H3,(H,13,14). The van der Waals surface area contributed by atoms with E-state index in [1.54, 1.807) is 0 Å². The highest BCUT2D eigenvalue weighted by atomic mass is 32.1. The molecule has 1 aromatic carbocycles. The zero-order valence-electron chi connectivity index (χ0n) is 9.56. The maximum absolute atomic E-state index is 11.4. The molecular weight excluding hydrogens is 222 g/mol. The van der Waals surface area contributed by atoms with Crippen molar-refractivity contribution in [3.05, 3.63) is 35.9 Å². The van der Waals surface area contributed by atoms with Crippen molar-refractivity contribution in [1.82, 2.24) is 5.32 Å². The summed E-state index contributed by atoms with van der Waals surface area (Å²) >= 11 is 4.14. The highest BCUT2D eigenvalue weighted by Crippen LogP contribution is 2.05. The summed E-state index contributed by atoms with van der Waals surface area (Å²) in [6, 6.07) is 9.57. The van der Waals surface area contributed by atoms with Crippen LogP contribution >= 0.6 is 12.6 Å². The van der Waals surface area contributed by atoms with Gasteiger partial charge in [0.05, 0.1) is 0 Å². The van der Waals surface area contributed by atoms with Crippen LogP contribution in [0.25, 0.3) is 0 Å². The van der Waals surface area contributed by atoms with Crippen LogP contribution in [0.2, 0.25) is 0 Å². The van der Waals surface area contributed by atoms with Gasteiger partial charge in [-0.05, 0) is 19.4 Å². The molecule has 0 aliphatic carbocycles. The maximum atomic E-state index is 11.4. The Hall–Kier alpha value is -1.16. The number of hydrogen-bond acceptors (Lipinski definition) is 3. The zero-order valence-corrected chi connectivity index (χ0v) is 10.5. The fourth-order valence-electron chi connectivity index (χ4n) is 1.08. The Kier molecular flexibility index (Phi) is 4.68. The summed E-state index contributed by atoms with van der Waals surface area (Å²) in [5.74, 6) is 0.563. The SMILES string of the molecule is CC(C)(CS)NC(=O)OCc1ccccc1. The van der Waals surface area contributed by atoms with Gasteiger partial charge in [-0.15, -0.1) is 0 Å². The second-order valence-corrected chi connectivity index (χ2v) is 4.54. The minimum atomic E-state index is -0.414. The van der Waals surface area contributed by atoms with Crippen molar-refractivity contribution in [3.63, 3.8) is 0 Å². The molecule has 0 heterocycles. The number of carbonyl (C=O) groups is 1.